The van der Waals surface area contributed by atoms with Crippen LogP contribution in [0.4, 0.5) is 0 Å². The summed E-state index contributed by atoms with van der Waals surface area (Å²) >= 11 is 0. The number of phosphoric acid groups is 1. The van der Waals surface area contributed by atoms with E-state index in [1.165, 1.54) is 244 Å². The van der Waals surface area contributed by atoms with Crippen LogP contribution in [0.15, 0.2) is 12.2 Å². The molecule has 3 unspecified atom stereocenters. The highest BCUT2D eigenvalue weighted by atomic mass is 31.2. The van der Waals surface area contributed by atoms with Crippen molar-refractivity contribution in [2.45, 2.75) is 315 Å². The molecule has 0 bridgehead atoms. The molecule has 0 aromatic heterocycles. The smallest absolute Gasteiger partial charge is 0.268 e. The molecule has 400 valence electrons. The second-order valence-electron chi connectivity index (χ2n) is 21.7. The molecule has 0 aliphatic carbocycles. The third-order valence-electron chi connectivity index (χ3n) is 13.7. The van der Waals surface area contributed by atoms with E-state index in [1.54, 1.807) is 6.08 Å². The Morgan fingerprint density at radius 3 is 1.12 bits per heavy atom. The van der Waals surface area contributed by atoms with Gasteiger partial charge in [0.2, 0.25) is 5.91 Å². The van der Waals surface area contributed by atoms with E-state index < -0.39 is 20.0 Å². The zero-order chi connectivity index (χ0) is 49.2. The molecule has 0 aliphatic rings. The first kappa shape index (κ1) is 66.2. The first-order valence-electron chi connectivity index (χ1n) is 29.6. The summed E-state index contributed by atoms with van der Waals surface area (Å²) in [5, 5.41) is 13.9. The van der Waals surface area contributed by atoms with Gasteiger partial charge >= 0.3 is 0 Å². The maximum absolute atomic E-state index is 12.9. The Bertz CT molecular complexity index is 1100. The van der Waals surface area contributed by atoms with Crippen LogP contribution in [0.3, 0.4) is 0 Å². The third-order valence-corrected chi connectivity index (χ3v) is 14.7. The molecule has 8 nitrogen and oxygen atoms in total. The molecular formula is C58H117N2O6P. The summed E-state index contributed by atoms with van der Waals surface area (Å²) in [5.74, 6) is -0.192. The fourth-order valence-electron chi connectivity index (χ4n) is 9.10. The number of unbranched alkanes of at least 4 members (excludes halogenated alkanes) is 42. The molecule has 0 radical (unpaired) electrons. The zero-order valence-electron chi connectivity index (χ0n) is 45.6. The summed E-state index contributed by atoms with van der Waals surface area (Å²) in [7, 11) is 1.28. The minimum atomic E-state index is -4.59. The summed E-state index contributed by atoms with van der Waals surface area (Å²) < 4.78 is 23.3. The van der Waals surface area contributed by atoms with E-state index in [0.29, 0.717) is 17.4 Å². The Labute approximate surface area is 418 Å². The molecule has 0 aromatic carbocycles. The average molecular weight is 970 g/mol. The van der Waals surface area contributed by atoms with Crippen LogP contribution in [0.2, 0.25) is 0 Å². The van der Waals surface area contributed by atoms with Gasteiger partial charge in [-0.05, 0) is 19.3 Å². The molecule has 0 saturated heterocycles. The molecule has 0 rings (SSSR count). The van der Waals surface area contributed by atoms with E-state index in [1.807, 2.05) is 27.2 Å². The van der Waals surface area contributed by atoms with Crippen molar-refractivity contribution in [3.05, 3.63) is 12.2 Å². The lowest BCUT2D eigenvalue weighted by Crippen LogP contribution is -2.45. The zero-order valence-corrected chi connectivity index (χ0v) is 46.5. The first-order chi connectivity index (χ1) is 32.5. The van der Waals surface area contributed by atoms with E-state index in [4.69, 9.17) is 9.05 Å². The Morgan fingerprint density at radius 2 is 0.806 bits per heavy atom. The van der Waals surface area contributed by atoms with E-state index in [2.05, 4.69) is 19.2 Å². The highest BCUT2D eigenvalue weighted by Crippen LogP contribution is 2.38. The van der Waals surface area contributed by atoms with Gasteiger partial charge in [-0.2, -0.15) is 0 Å². The predicted octanol–water partition coefficient (Wildman–Crippen LogP) is 17.2. The van der Waals surface area contributed by atoms with Gasteiger partial charge in [0.05, 0.1) is 39.9 Å². The number of aliphatic hydroxyl groups excluding tert-OH is 1. The quantitative estimate of drug-likeness (QED) is 0.0272. The number of aliphatic hydroxyl groups is 1. The number of rotatable bonds is 55. The van der Waals surface area contributed by atoms with Crippen LogP contribution >= 0.6 is 7.82 Å². The van der Waals surface area contributed by atoms with Crippen molar-refractivity contribution in [1.29, 1.82) is 0 Å². The Kier molecular flexibility index (Phi) is 49.6. The van der Waals surface area contributed by atoms with Crippen LogP contribution in [-0.4, -0.2) is 68.5 Å². The lowest BCUT2D eigenvalue weighted by Gasteiger charge is -2.29. The van der Waals surface area contributed by atoms with Gasteiger partial charge in [0, 0.05) is 6.42 Å². The summed E-state index contributed by atoms with van der Waals surface area (Å²) in [4.78, 5) is 25.4. The monoisotopic (exact) mass is 969 g/mol. The number of phosphoric ester groups is 1. The molecule has 0 saturated carbocycles. The number of allylic oxidation sites excluding steroid dienone is 1. The predicted molar refractivity (Wildman–Crippen MR) is 289 cm³/mol. The molecule has 67 heavy (non-hydrogen) atoms. The largest absolute Gasteiger partial charge is 0.756 e. The van der Waals surface area contributed by atoms with Gasteiger partial charge in [-0.15, -0.1) is 0 Å². The molecule has 2 N–H and O–H groups in total. The second-order valence-corrected chi connectivity index (χ2v) is 23.1. The van der Waals surface area contributed by atoms with Gasteiger partial charge in [0.1, 0.15) is 13.2 Å². The van der Waals surface area contributed by atoms with Gasteiger partial charge in [0.25, 0.3) is 7.82 Å². The average Bonchev–Trinajstić information content (AvgIpc) is 3.29. The van der Waals surface area contributed by atoms with Crippen LogP contribution in [0.25, 0.3) is 0 Å². The molecule has 0 aromatic rings. The number of hydrogen-bond donors (Lipinski definition) is 2. The Hall–Kier alpha value is -0.760. The van der Waals surface area contributed by atoms with Crippen molar-refractivity contribution >= 4 is 13.7 Å². The lowest BCUT2D eigenvalue weighted by molar-refractivity contribution is -0.870. The maximum atomic E-state index is 12.9. The van der Waals surface area contributed by atoms with Crippen LogP contribution < -0.4 is 10.2 Å². The summed E-state index contributed by atoms with van der Waals surface area (Å²) in [6.07, 6.45) is 61.6. The lowest BCUT2D eigenvalue weighted by atomic mass is 10.0. The molecule has 0 spiro atoms. The van der Waals surface area contributed by atoms with E-state index in [-0.39, 0.29) is 19.1 Å². The fraction of sp³-hybridized carbons (Fsp3) is 0.948. The molecule has 1 amide bonds. The van der Waals surface area contributed by atoms with Gasteiger partial charge < -0.3 is 28.8 Å². The number of quaternary nitrogens is 1. The Balaban J connectivity index is 4.08. The summed E-state index contributed by atoms with van der Waals surface area (Å²) in [6, 6.07) is -0.881. The van der Waals surface area contributed by atoms with Gasteiger partial charge in [-0.3, -0.25) is 9.36 Å². The maximum Gasteiger partial charge on any atom is 0.268 e. The van der Waals surface area contributed by atoms with Crippen LogP contribution in [-0.2, 0) is 18.4 Å². The van der Waals surface area contributed by atoms with Crippen molar-refractivity contribution in [3.8, 4) is 0 Å². The first-order valence-corrected chi connectivity index (χ1v) is 31.0. The molecular weight excluding hydrogens is 852 g/mol. The van der Waals surface area contributed by atoms with Gasteiger partial charge in [-0.1, -0.05) is 289 Å². The third kappa shape index (κ3) is 52.9. The normalized spacial score (nSPS) is 14.0. The SMILES string of the molecule is CCCCCCCCCCCCCCCCCCCCCCCCCCCCCC/C=C/C(O)C(COP(=O)([O-])OCC[N+](C)(C)C)NC(=O)CCCCCCCCCCCCCCCCC. The Morgan fingerprint density at radius 1 is 0.507 bits per heavy atom. The molecule has 0 fully saturated rings. The molecule has 9 heteroatoms. The van der Waals surface area contributed by atoms with E-state index in [9.17, 15) is 19.4 Å². The number of hydrogen-bond acceptors (Lipinski definition) is 6. The fourth-order valence-corrected chi connectivity index (χ4v) is 9.82. The van der Waals surface area contributed by atoms with Crippen LogP contribution in [0, 0.1) is 0 Å². The van der Waals surface area contributed by atoms with Crippen molar-refractivity contribution in [2.24, 2.45) is 0 Å². The van der Waals surface area contributed by atoms with Crippen molar-refractivity contribution < 1.29 is 32.9 Å². The molecule has 0 heterocycles. The number of carbonyl (C=O) groups excluding carboxylic acids is 1. The van der Waals surface area contributed by atoms with Crippen molar-refractivity contribution in [3.63, 3.8) is 0 Å². The highest BCUT2D eigenvalue weighted by molar-refractivity contribution is 7.45. The van der Waals surface area contributed by atoms with Crippen molar-refractivity contribution in [2.75, 3.05) is 40.9 Å². The molecule has 0 aliphatic heterocycles. The highest BCUT2D eigenvalue weighted by Gasteiger charge is 2.23. The summed E-state index contributed by atoms with van der Waals surface area (Å²) in [5.41, 5.74) is 0. The standard InChI is InChI=1S/C58H117N2O6P/c1-6-8-10-12-14-16-18-20-22-23-24-25-26-27-28-29-30-31-32-33-34-35-36-38-39-41-43-45-47-49-51-57(61)56(55-66-67(63,64)65-54-53-60(3,4)5)59-58(62)52-50-48-46-44-42-40-37-21-19-17-15-13-11-9-7-2/h49,51,56-57,61H,6-48,50,52-55H2,1-5H3,(H-,59,62,63,64)/b51-49+. The summed E-state index contributed by atoms with van der Waals surface area (Å²) in [6.45, 7) is 4.69. The van der Waals surface area contributed by atoms with E-state index >= 15 is 0 Å². The topological polar surface area (TPSA) is 108 Å². The van der Waals surface area contributed by atoms with Gasteiger partial charge in [0.15, 0.2) is 0 Å². The van der Waals surface area contributed by atoms with Crippen LogP contribution in [0.5, 0.6) is 0 Å². The minimum Gasteiger partial charge on any atom is -0.756 e. The minimum absolute atomic E-state index is 0.00260. The number of carbonyl (C=O) groups is 1. The van der Waals surface area contributed by atoms with Crippen LogP contribution in [0.1, 0.15) is 303 Å². The van der Waals surface area contributed by atoms with Crippen molar-refractivity contribution in [1.82, 2.24) is 5.32 Å². The number of nitrogens with zero attached hydrogens (tertiary/aromatic N) is 1. The second kappa shape index (κ2) is 50.2. The number of nitrogens with one attached hydrogen (secondary N) is 1. The van der Waals surface area contributed by atoms with E-state index in [0.717, 1.165) is 38.5 Å². The van der Waals surface area contributed by atoms with Gasteiger partial charge in [-0.25, -0.2) is 0 Å². The number of likely N-dealkylation sites (N-methyl/N-ethyl adjacent to an activating group) is 1. The number of amides is 1. The molecule has 3 atom stereocenters.